The first-order valence-electron chi connectivity index (χ1n) is 7.05. The van der Waals surface area contributed by atoms with Crippen molar-refractivity contribution in [1.29, 1.82) is 0 Å². The van der Waals surface area contributed by atoms with Crippen molar-refractivity contribution in [1.82, 2.24) is 24.3 Å². The van der Waals surface area contributed by atoms with Gasteiger partial charge in [0.2, 0.25) is 11.8 Å². The van der Waals surface area contributed by atoms with E-state index in [-0.39, 0.29) is 0 Å². The summed E-state index contributed by atoms with van der Waals surface area (Å²) in [6.45, 7) is 2.53. The lowest BCUT2D eigenvalue weighted by Gasteiger charge is -2.27. The van der Waals surface area contributed by atoms with Crippen molar-refractivity contribution in [2.75, 3.05) is 19.4 Å². The number of anilines is 1. The van der Waals surface area contributed by atoms with Crippen molar-refractivity contribution in [2.45, 2.75) is 19.5 Å². The lowest BCUT2D eigenvalue weighted by atomic mass is 10.1. The Morgan fingerprint density at radius 1 is 1.41 bits per heavy atom. The zero-order valence-electron chi connectivity index (χ0n) is 12.2. The van der Waals surface area contributed by atoms with E-state index in [9.17, 15) is 0 Å². The molecular weight excluding hydrogens is 300 g/mol. The minimum absolute atomic E-state index is 0.352. The Balaban J connectivity index is 1.61. The molecule has 114 valence electrons. The number of rotatable bonds is 3. The van der Waals surface area contributed by atoms with Gasteiger partial charge in [-0.2, -0.15) is 4.98 Å². The molecule has 4 rings (SSSR count). The van der Waals surface area contributed by atoms with E-state index >= 15 is 0 Å². The van der Waals surface area contributed by atoms with Crippen molar-refractivity contribution in [3.05, 3.63) is 34.7 Å². The van der Waals surface area contributed by atoms with Gasteiger partial charge >= 0.3 is 0 Å². The molecule has 8 heteroatoms. The number of hydrogen-bond acceptors (Lipinski definition) is 7. The number of nitrogens with two attached hydrogens (primary N) is 1. The van der Waals surface area contributed by atoms with Gasteiger partial charge in [-0.25, -0.2) is 9.97 Å². The zero-order valence-corrected chi connectivity index (χ0v) is 13.0. The summed E-state index contributed by atoms with van der Waals surface area (Å²) in [5.74, 6) is 1.05. The van der Waals surface area contributed by atoms with E-state index in [1.807, 2.05) is 17.8 Å². The molecule has 0 radical (unpaired) electrons. The highest BCUT2D eigenvalue weighted by Gasteiger charge is 2.22. The molecule has 0 unspecified atom stereocenters. The van der Waals surface area contributed by atoms with Gasteiger partial charge in [-0.15, -0.1) is 11.3 Å². The summed E-state index contributed by atoms with van der Waals surface area (Å²) in [6.07, 6.45) is 4.75. The van der Waals surface area contributed by atoms with Gasteiger partial charge in [0, 0.05) is 49.4 Å². The predicted octanol–water partition coefficient (Wildman–Crippen LogP) is 1.33. The molecule has 1 aliphatic heterocycles. The topological polar surface area (TPSA) is 81.6 Å². The number of aromatic nitrogens is 4. The number of thiazole rings is 1. The molecule has 3 aromatic heterocycles. The molecule has 0 atom stereocenters. The summed E-state index contributed by atoms with van der Waals surface area (Å²) in [5.41, 5.74) is 8.94. The molecule has 0 fully saturated rings. The van der Waals surface area contributed by atoms with Crippen LogP contribution in [0.3, 0.4) is 0 Å². The average molecular weight is 316 g/mol. The van der Waals surface area contributed by atoms with Crippen molar-refractivity contribution in [3.63, 3.8) is 0 Å². The molecule has 0 aliphatic carbocycles. The molecule has 3 aromatic rings. The SMILES string of the molecule is COc1nc2sccn2c1CN1CCc2nc(N)ncc2C1. The summed E-state index contributed by atoms with van der Waals surface area (Å²) in [6, 6.07) is 0. The zero-order chi connectivity index (χ0) is 15.1. The molecule has 0 amide bonds. The van der Waals surface area contributed by atoms with E-state index < -0.39 is 0 Å². The second kappa shape index (κ2) is 5.22. The maximum atomic E-state index is 5.65. The highest BCUT2D eigenvalue weighted by atomic mass is 32.1. The summed E-state index contributed by atoms with van der Waals surface area (Å²) in [7, 11) is 1.66. The monoisotopic (exact) mass is 316 g/mol. The standard InChI is InChI=1S/C14H16N6OS/c1-21-12-11(20-4-5-22-14(20)18-12)8-19-3-2-10-9(7-19)6-16-13(15)17-10/h4-6H,2-3,7-8H2,1H3,(H2,15,16,17). The van der Waals surface area contributed by atoms with Crippen molar-refractivity contribution in [3.8, 4) is 5.88 Å². The van der Waals surface area contributed by atoms with Gasteiger partial charge in [-0.05, 0) is 0 Å². The largest absolute Gasteiger partial charge is 0.480 e. The third kappa shape index (κ3) is 2.20. The van der Waals surface area contributed by atoms with Crippen LogP contribution >= 0.6 is 11.3 Å². The number of fused-ring (bicyclic) bond motifs is 2. The van der Waals surface area contributed by atoms with E-state index in [2.05, 4.69) is 24.3 Å². The summed E-state index contributed by atoms with van der Waals surface area (Å²) >= 11 is 1.61. The van der Waals surface area contributed by atoms with Crippen LogP contribution in [0, 0.1) is 0 Å². The van der Waals surface area contributed by atoms with Crippen LogP contribution < -0.4 is 10.5 Å². The lowest BCUT2D eigenvalue weighted by Crippen LogP contribution is -2.31. The number of nitrogen functional groups attached to an aromatic ring is 1. The molecule has 0 saturated carbocycles. The lowest BCUT2D eigenvalue weighted by molar-refractivity contribution is 0.235. The van der Waals surface area contributed by atoms with Gasteiger partial charge in [0.05, 0.1) is 12.8 Å². The number of ether oxygens (including phenoxy) is 1. The van der Waals surface area contributed by atoms with Crippen molar-refractivity contribution in [2.24, 2.45) is 0 Å². The first kappa shape index (κ1) is 13.5. The number of imidazole rings is 1. The van der Waals surface area contributed by atoms with E-state index in [0.717, 1.165) is 48.0 Å². The van der Waals surface area contributed by atoms with Crippen LogP contribution in [-0.4, -0.2) is 37.9 Å². The number of nitrogens with zero attached hydrogens (tertiary/aromatic N) is 5. The third-order valence-corrected chi connectivity index (χ3v) is 4.68. The molecule has 2 N–H and O–H groups in total. The molecule has 0 bridgehead atoms. The fraction of sp³-hybridized carbons (Fsp3) is 0.357. The van der Waals surface area contributed by atoms with E-state index in [1.165, 1.54) is 0 Å². The highest BCUT2D eigenvalue weighted by molar-refractivity contribution is 7.15. The quantitative estimate of drug-likeness (QED) is 0.785. The molecule has 0 aromatic carbocycles. The van der Waals surface area contributed by atoms with Crippen LogP contribution in [0.5, 0.6) is 5.88 Å². The maximum Gasteiger partial charge on any atom is 0.237 e. The van der Waals surface area contributed by atoms with Crippen LogP contribution in [0.1, 0.15) is 17.0 Å². The minimum atomic E-state index is 0.352. The summed E-state index contributed by atoms with van der Waals surface area (Å²) in [5, 5.41) is 2.04. The highest BCUT2D eigenvalue weighted by Crippen LogP contribution is 2.26. The smallest absolute Gasteiger partial charge is 0.237 e. The Morgan fingerprint density at radius 3 is 3.18 bits per heavy atom. The van der Waals surface area contributed by atoms with Gasteiger partial charge < -0.3 is 10.5 Å². The van der Waals surface area contributed by atoms with Gasteiger partial charge in [-0.1, -0.05) is 0 Å². The van der Waals surface area contributed by atoms with E-state index in [0.29, 0.717) is 11.8 Å². The van der Waals surface area contributed by atoms with Gasteiger partial charge in [-0.3, -0.25) is 9.30 Å². The van der Waals surface area contributed by atoms with Crippen LogP contribution in [0.4, 0.5) is 5.95 Å². The second-order valence-electron chi connectivity index (χ2n) is 5.28. The minimum Gasteiger partial charge on any atom is -0.480 e. The van der Waals surface area contributed by atoms with E-state index in [1.54, 1.807) is 18.4 Å². The Bertz CT molecular complexity index is 826. The number of methoxy groups -OCH3 is 1. The Morgan fingerprint density at radius 2 is 2.32 bits per heavy atom. The maximum absolute atomic E-state index is 5.65. The predicted molar refractivity (Wildman–Crippen MR) is 83.9 cm³/mol. The molecule has 1 aliphatic rings. The van der Waals surface area contributed by atoms with Gasteiger partial charge in [0.1, 0.15) is 5.69 Å². The van der Waals surface area contributed by atoms with E-state index in [4.69, 9.17) is 10.5 Å². The van der Waals surface area contributed by atoms with Crippen LogP contribution in [0.15, 0.2) is 17.8 Å². The first-order valence-corrected chi connectivity index (χ1v) is 7.93. The summed E-state index contributed by atoms with van der Waals surface area (Å²) in [4.78, 5) is 16.2. The van der Waals surface area contributed by atoms with Gasteiger partial charge in [0.25, 0.3) is 0 Å². The van der Waals surface area contributed by atoms with Gasteiger partial charge in [0.15, 0.2) is 4.96 Å². The molecule has 0 spiro atoms. The summed E-state index contributed by atoms with van der Waals surface area (Å²) < 4.78 is 7.52. The molecule has 4 heterocycles. The van der Waals surface area contributed by atoms with Crippen LogP contribution in [0.2, 0.25) is 0 Å². The van der Waals surface area contributed by atoms with Crippen LogP contribution in [-0.2, 0) is 19.5 Å². The Hall–Kier alpha value is -2.19. The van der Waals surface area contributed by atoms with Crippen molar-refractivity contribution < 1.29 is 4.74 Å². The molecule has 22 heavy (non-hydrogen) atoms. The fourth-order valence-electron chi connectivity index (χ4n) is 2.86. The molecular formula is C14H16N6OS. The first-order chi connectivity index (χ1) is 10.7. The second-order valence-corrected chi connectivity index (χ2v) is 6.16. The Kier molecular flexibility index (Phi) is 3.20. The van der Waals surface area contributed by atoms with Crippen molar-refractivity contribution >= 4 is 22.2 Å². The average Bonchev–Trinajstić information content (AvgIpc) is 3.09. The number of hydrogen-bond donors (Lipinski definition) is 1. The third-order valence-electron chi connectivity index (χ3n) is 3.92. The Labute approximate surface area is 131 Å². The normalized spacial score (nSPS) is 15.1. The molecule has 7 nitrogen and oxygen atoms in total. The fourth-order valence-corrected chi connectivity index (χ4v) is 3.58. The van der Waals surface area contributed by atoms with Crippen LogP contribution in [0.25, 0.3) is 4.96 Å². The molecule has 0 saturated heterocycles.